The highest BCUT2D eigenvalue weighted by atomic mass is 32.2. The van der Waals surface area contributed by atoms with E-state index in [1.807, 2.05) is 53.4 Å². The second-order valence-corrected chi connectivity index (χ2v) is 8.01. The molecule has 1 aliphatic heterocycles. The molecule has 4 rings (SSSR count). The van der Waals surface area contributed by atoms with E-state index < -0.39 is 11.2 Å². The Morgan fingerprint density at radius 2 is 1.63 bits per heavy atom. The minimum Gasteiger partial charge on any atom is -0.462 e. The number of ether oxygens (including phenoxy) is 1. The summed E-state index contributed by atoms with van der Waals surface area (Å²) in [5.41, 5.74) is 1.87. The van der Waals surface area contributed by atoms with Crippen molar-refractivity contribution in [2.75, 3.05) is 11.5 Å². The lowest BCUT2D eigenvalue weighted by Crippen LogP contribution is -2.31. The van der Waals surface area contributed by atoms with Crippen molar-refractivity contribution >= 4 is 35.2 Å². The van der Waals surface area contributed by atoms with Crippen LogP contribution in [0.1, 0.15) is 23.7 Å². The Kier molecular flexibility index (Phi) is 5.72. The number of carbonyl (C=O) groups is 3. The zero-order valence-electron chi connectivity index (χ0n) is 16.4. The Bertz CT molecular complexity index is 1060. The number of amides is 2. The van der Waals surface area contributed by atoms with Gasteiger partial charge in [0.25, 0.3) is 0 Å². The molecule has 0 radical (unpaired) electrons. The zero-order valence-corrected chi connectivity index (χ0v) is 17.2. The summed E-state index contributed by atoms with van der Waals surface area (Å²) in [5, 5.41) is -0.473. The van der Waals surface area contributed by atoms with Gasteiger partial charge in [-0.1, -0.05) is 0 Å². The molecule has 2 aromatic carbocycles. The summed E-state index contributed by atoms with van der Waals surface area (Å²) in [6.45, 7) is 2.02. The first-order chi connectivity index (χ1) is 14.6. The number of aromatic nitrogens is 1. The van der Waals surface area contributed by atoms with Gasteiger partial charge in [0.2, 0.25) is 11.8 Å². The van der Waals surface area contributed by atoms with Crippen LogP contribution in [0.25, 0.3) is 5.69 Å². The molecule has 3 aromatic rings. The average Bonchev–Trinajstić information content (AvgIpc) is 3.38. The highest BCUT2D eigenvalue weighted by Crippen LogP contribution is 2.34. The summed E-state index contributed by atoms with van der Waals surface area (Å²) < 4.78 is 6.96. The van der Waals surface area contributed by atoms with Crippen LogP contribution in [0.5, 0.6) is 0 Å². The van der Waals surface area contributed by atoms with E-state index in [-0.39, 0.29) is 24.8 Å². The third-order valence-electron chi connectivity index (χ3n) is 4.76. The van der Waals surface area contributed by atoms with Crippen LogP contribution in [0.4, 0.5) is 5.69 Å². The summed E-state index contributed by atoms with van der Waals surface area (Å²) >= 11 is 1.39. The van der Waals surface area contributed by atoms with E-state index in [0.717, 1.165) is 10.6 Å². The van der Waals surface area contributed by atoms with Crippen molar-refractivity contribution in [2.45, 2.75) is 23.5 Å². The van der Waals surface area contributed by atoms with E-state index in [2.05, 4.69) is 0 Å². The summed E-state index contributed by atoms with van der Waals surface area (Å²) in [4.78, 5) is 39.3. The molecule has 0 bridgehead atoms. The topological polar surface area (TPSA) is 68.6 Å². The lowest BCUT2D eigenvalue weighted by Gasteiger charge is -2.15. The van der Waals surface area contributed by atoms with Crippen molar-refractivity contribution in [1.29, 1.82) is 0 Å². The number of benzene rings is 2. The van der Waals surface area contributed by atoms with Gasteiger partial charge in [0.05, 0.1) is 23.1 Å². The molecule has 0 saturated carbocycles. The second kappa shape index (κ2) is 8.59. The minimum atomic E-state index is -0.473. The predicted molar refractivity (Wildman–Crippen MR) is 115 cm³/mol. The van der Waals surface area contributed by atoms with Crippen LogP contribution >= 0.6 is 11.8 Å². The van der Waals surface area contributed by atoms with Gasteiger partial charge in [-0.2, -0.15) is 0 Å². The zero-order chi connectivity index (χ0) is 21.1. The molecule has 1 fully saturated rings. The second-order valence-electron chi connectivity index (χ2n) is 6.73. The van der Waals surface area contributed by atoms with Gasteiger partial charge >= 0.3 is 5.97 Å². The first kappa shape index (κ1) is 20.0. The van der Waals surface area contributed by atoms with Gasteiger partial charge in [0, 0.05) is 29.4 Å². The molecule has 2 heterocycles. The number of esters is 1. The number of anilines is 1. The van der Waals surface area contributed by atoms with Crippen LogP contribution in [0.15, 0.2) is 78.0 Å². The summed E-state index contributed by atoms with van der Waals surface area (Å²) in [5.74, 6) is -0.923. The lowest BCUT2D eigenvalue weighted by atomic mass is 10.2. The highest BCUT2D eigenvalue weighted by Gasteiger charge is 2.40. The van der Waals surface area contributed by atoms with Crippen LogP contribution in [-0.2, 0) is 14.3 Å². The fourth-order valence-corrected chi connectivity index (χ4v) is 4.35. The maximum absolute atomic E-state index is 12.9. The van der Waals surface area contributed by atoms with E-state index in [1.165, 1.54) is 16.7 Å². The first-order valence-electron chi connectivity index (χ1n) is 9.61. The predicted octanol–water partition coefficient (Wildman–Crippen LogP) is 4.08. The number of nitrogens with zero attached hydrogens (tertiary/aromatic N) is 2. The van der Waals surface area contributed by atoms with Crippen molar-refractivity contribution in [3.8, 4) is 5.69 Å². The van der Waals surface area contributed by atoms with Gasteiger partial charge in [-0.25, -0.2) is 9.69 Å². The van der Waals surface area contributed by atoms with Crippen LogP contribution in [0, 0.1) is 0 Å². The van der Waals surface area contributed by atoms with Gasteiger partial charge < -0.3 is 9.30 Å². The maximum atomic E-state index is 12.9. The number of carbonyl (C=O) groups excluding carboxylic acids is 3. The quantitative estimate of drug-likeness (QED) is 0.444. The number of imide groups is 1. The van der Waals surface area contributed by atoms with Crippen molar-refractivity contribution in [3.63, 3.8) is 0 Å². The van der Waals surface area contributed by atoms with Gasteiger partial charge in [-0.15, -0.1) is 11.8 Å². The van der Waals surface area contributed by atoms with Gasteiger partial charge in [-0.05, 0) is 67.6 Å². The Morgan fingerprint density at radius 1 is 1.00 bits per heavy atom. The third kappa shape index (κ3) is 4.02. The summed E-state index contributed by atoms with van der Waals surface area (Å²) in [6, 6.07) is 18.1. The minimum absolute atomic E-state index is 0.141. The van der Waals surface area contributed by atoms with Crippen LogP contribution in [-0.4, -0.2) is 34.2 Å². The molecule has 1 aliphatic rings. The van der Waals surface area contributed by atoms with E-state index in [4.69, 9.17) is 4.74 Å². The number of hydrogen-bond acceptors (Lipinski definition) is 5. The molecule has 0 aliphatic carbocycles. The van der Waals surface area contributed by atoms with E-state index in [9.17, 15) is 14.4 Å². The molecule has 152 valence electrons. The highest BCUT2D eigenvalue weighted by molar-refractivity contribution is 8.00. The van der Waals surface area contributed by atoms with Crippen molar-refractivity contribution < 1.29 is 19.1 Å². The normalized spacial score (nSPS) is 16.2. The first-order valence-corrected chi connectivity index (χ1v) is 10.5. The van der Waals surface area contributed by atoms with Crippen molar-refractivity contribution in [1.82, 2.24) is 4.57 Å². The summed E-state index contributed by atoms with van der Waals surface area (Å²) in [6.07, 6.45) is 4.07. The molecule has 1 unspecified atom stereocenters. The van der Waals surface area contributed by atoms with Crippen molar-refractivity contribution in [3.05, 3.63) is 78.6 Å². The molecule has 2 amide bonds. The number of hydrogen-bond donors (Lipinski definition) is 0. The Morgan fingerprint density at radius 3 is 2.27 bits per heavy atom. The summed E-state index contributed by atoms with van der Waals surface area (Å²) in [7, 11) is 0. The Hall–Kier alpha value is -3.32. The van der Waals surface area contributed by atoms with Gasteiger partial charge in [0.1, 0.15) is 0 Å². The standard InChI is InChI=1S/C23H20N2O4S/c1-2-29-23(28)16-5-7-18(8-6-16)25-21(26)15-20(22(25)27)30-19-11-9-17(10-12-19)24-13-3-4-14-24/h3-14,20H,2,15H2,1H3. The molecular formula is C23H20N2O4S. The molecular weight excluding hydrogens is 400 g/mol. The fourth-order valence-electron chi connectivity index (χ4n) is 3.30. The third-order valence-corrected chi connectivity index (χ3v) is 5.96. The van der Waals surface area contributed by atoms with E-state index >= 15 is 0 Å². The SMILES string of the molecule is CCOC(=O)c1ccc(N2C(=O)CC(Sc3ccc(-n4cccc4)cc3)C2=O)cc1. The maximum Gasteiger partial charge on any atom is 0.338 e. The molecule has 0 N–H and O–H groups in total. The molecule has 30 heavy (non-hydrogen) atoms. The largest absolute Gasteiger partial charge is 0.462 e. The van der Waals surface area contributed by atoms with Crippen LogP contribution < -0.4 is 4.90 Å². The van der Waals surface area contributed by atoms with Crippen molar-refractivity contribution in [2.24, 2.45) is 0 Å². The molecule has 6 nitrogen and oxygen atoms in total. The van der Waals surface area contributed by atoms with E-state index in [1.54, 1.807) is 31.2 Å². The monoisotopic (exact) mass is 420 g/mol. The van der Waals surface area contributed by atoms with Crippen LogP contribution in [0.2, 0.25) is 0 Å². The van der Waals surface area contributed by atoms with E-state index in [0.29, 0.717) is 11.3 Å². The number of rotatable bonds is 6. The Balaban J connectivity index is 1.45. The lowest BCUT2D eigenvalue weighted by molar-refractivity contribution is -0.121. The smallest absolute Gasteiger partial charge is 0.338 e. The fraction of sp³-hybridized carbons (Fsp3) is 0.174. The van der Waals surface area contributed by atoms with Gasteiger partial charge in [-0.3, -0.25) is 9.59 Å². The van der Waals surface area contributed by atoms with Crippen LogP contribution in [0.3, 0.4) is 0 Å². The Labute approximate surface area is 178 Å². The molecule has 7 heteroatoms. The number of thioether (sulfide) groups is 1. The molecule has 1 aromatic heterocycles. The molecule has 1 saturated heterocycles. The van der Waals surface area contributed by atoms with Gasteiger partial charge in [0.15, 0.2) is 0 Å². The molecule has 0 spiro atoms. The molecule has 1 atom stereocenters. The average molecular weight is 420 g/mol.